The molecule has 0 radical (unpaired) electrons. The maximum absolute atomic E-state index is 13.3. The predicted molar refractivity (Wildman–Crippen MR) is 111 cm³/mol. The molecule has 1 fully saturated rings. The van der Waals surface area contributed by atoms with Gasteiger partial charge in [0.2, 0.25) is 0 Å². The number of benzene rings is 3. The van der Waals surface area contributed by atoms with E-state index in [4.69, 9.17) is 4.74 Å². The highest BCUT2D eigenvalue weighted by molar-refractivity contribution is 5.94. The van der Waals surface area contributed by atoms with Gasteiger partial charge in [-0.3, -0.25) is 4.79 Å². The Morgan fingerprint density at radius 2 is 1.52 bits per heavy atom. The summed E-state index contributed by atoms with van der Waals surface area (Å²) in [6, 6.07) is 16.7. The lowest BCUT2D eigenvalue weighted by Crippen LogP contribution is -2.51. The number of aliphatic hydroxyl groups is 1. The van der Waals surface area contributed by atoms with Crippen LogP contribution in [0.1, 0.15) is 16.8 Å². The van der Waals surface area contributed by atoms with Crippen LogP contribution in [0.2, 0.25) is 0 Å². The van der Waals surface area contributed by atoms with Gasteiger partial charge in [-0.05, 0) is 35.4 Å². The third-order valence-corrected chi connectivity index (χ3v) is 5.26. The van der Waals surface area contributed by atoms with E-state index in [-0.39, 0.29) is 24.0 Å². The van der Waals surface area contributed by atoms with Gasteiger partial charge in [-0.2, -0.15) is 0 Å². The summed E-state index contributed by atoms with van der Waals surface area (Å²) < 4.78 is 32.2. The number of hydrogen-bond acceptors (Lipinski definition) is 4. The van der Waals surface area contributed by atoms with Crippen molar-refractivity contribution < 1.29 is 28.5 Å². The lowest BCUT2D eigenvalue weighted by molar-refractivity contribution is -0.0200. The molecule has 7 heteroatoms. The number of likely N-dealkylation sites (tertiary alicyclic amines) is 1. The molecule has 5 nitrogen and oxygen atoms in total. The van der Waals surface area contributed by atoms with Crippen LogP contribution < -0.4 is 4.74 Å². The minimum absolute atomic E-state index is 0.00569. The summed E-state index contributed by atoms with van der Waals surface area (Å²) in [5.41, 5.74) is 2.31. The number of phenolic OH excluding ortho intramolecular Hbond substituents is 1. The second kappa shape index (κ2) is 8.73. The van der Waals surface area contributed by atoms with Crippen molar-refractivity contribution in [1.82, 2.24) is 4.90 Å². The standard InChI is InChI=1S/C24H21F2NO4/c25-18-11-19(26)13-21(12-18)31-23-9-10-27(14-22(23)29)24(30)17-3-1-15(2-4-17)16-5-7-20(28)8-6-16/h1-8,11-13,22-23,28-29H,9-10,14H2/t22-,23-/m1/s1. The lowest BCUT2D eigenvalue weighted by Gasteiger charge is -2.36. The van der Waals surface area contributed by atoms with E-state index >= 15 is 0 Å². The third kappa shape index (κ3) is 4.83. The molecular formula is C24H21F2NO4. The highest BCUT2D eigenvalue weighted by Gasteiger charge is 2.32. The molecule has 1 heterocycles. The molecule has 1 aliphatic rings. The maximum Gasteiger partial charge on any atom is 0.253 e. The first-order valence-electron chi connectivity index (χ1n) is 9.88. The molecule has 31 heavy (non-hydrogen) atoms. The number of aromatic hydroxyl groups is 1. The minimum atomic E-state index is -0.986. The van der Waals surface area contributed by atoms with E-state index < -0.39 is 23.8 Å². The monoisotopic (exact) mass is 425 g/mol. The van der Waals surface area contributed by atoms with Gasteiger partial charge in [0.1, 0.15) is 35.3 Å². The van der Waals surface area contributed by atoms with Gasteiger partial charge in [-0.25, -0.2) is 8.78 Å². The van der Waals surface area contributed by atoms with Crippen LogP contribution in [0.25, 0.3) is 11.1 Å². The predicted octanol–water partition coefficient (Wildman–Crippen LogP) is 3.99. The topological polar surface area (TPSA) is 70.0 Å². The van der Waals surface area contributed by atoms with Crippen molar-refractivity contribution in [2.75, 3.05) is 13.1 Å². The Bertz CT molecular complexity index is 1050. The minimum Gasteiger partial charge on any atom is -0.508 e. The molecule has 2 atom stereocenters. The zero-order valence-corrected chi connectivity index (χ0v) is 16.5. The first kappa shape index (κ1) is 20.8. The normalized spacial score (nSPS) is 18.6. The molecule has 1 aliphatic heterocycles. The Kier molecular flexibility index (Phi) is 5.86. The average Bonchev–Trinajstić information content (AvgIpc) is 2.75. The van der Waals surface area contributed by atoms with Gasteiger partial charge in [0.15, 0.2) is 0 Å². The first-order valence-corrected chi connectivity index (χ1v) is 9.88. The molecule has 0 unspecified atom stereocenters. The highest BCUT2D eigenvalue weighted by Crippen LogP contribution is 2.25. The molecule has 0 aliphatic carbocycles. The lowest BCUT2D eigenvalue weighted by atomic mass is 10.0. The molecule has 160 valence electrons. The SMILES string of the molecule is O=C(c1ccc(-c2ccc(O)cc2)cc1)N1CC[C@@H](Oc2cc(F)cc(F)c2)[C@H](O)C1. The number of rotatable bonds is 4. The Labute approximate surface area is 178 Å². The molecule has 0 saturated carbocycles. The van der Waals surface area contributed by atoms with E-state index in [1.54, 1.807) is 36.4 Å². The fourth-order valence-corrected chi connectivity index (χ4v) is 3.65. The van der Waals surface area contributed by atoms with Crippen molar-refractivity contribution in [3.63, 3.8) is 0 Å². The molecule has 0 spiro atoms. The molecule has 3 aromatic carbocycles. The van der Waals surface area contributed by atoms with E-state index in [1.807, 2.05) is 12.1 Å². The number of phenols is 1. The number of ether oxygens (including phenoxy) is 1. The van der Waals surface area contributed by atoms with Crippen LogP contribution in [0, 0.1) is 11.6 Å². The molecular weight excluding hydrogens is 404 g/mol. The molecule has 0 aromatic heterocycles. The summed E-state index contributed by atoms with van der Waals surface area (Å²) in [6.45, 7) is 0.402. The van der Waals surface area contributed by atoms with Gasteiger partial charge in [-0.1, -0.05) is 24.3 Å². The number of β-amino-alcohol motifs (C(OH)–C–C–N with tert-alkyl or cyclic N) is 1. The zero-order chi connectivity index (χ0) is 22.0. The van der Waals surface area contributed by atoms with E-state index in [0.717, 1.165) is 29.3 Å². The van der Waals surface area contributed by atoms with Crippen LogP contribution in [0.3, 0.4) is 0 Å². The number of aliphatic hydroxyl groups excluding tert-OH is 1. The Balaban J connectivity index is 1.39. The second-order valence-corrected chi connectivity index (χ2v) is 7.49. The Morgan fingerprint density at radius 1 is 0.935 bits per heavy atom. The number of amides is 1. The summed E-state index contributed by atoms with van der Waals surface area (Å²) in [4.78, 5) is 14.4. The molecule has 1 saturated heterocycles. The summed E-state index contributed by atoms with van der Waals surface area (Å²) in [7, 11) is 0. The maximum atomic E-state index is 13.3. The van der Waals surface area contributed by atoms with Gasteiger partial charge < -0.3 is 19.8 Å². The molecule has 0 bridgehead atoms. The van der Waals surface area contributed by atoms with Crippen LogP contribution in [-0.4, -0.2) is 46.3 Å². The van der Waals surface area contributed by atoms with Crippen molar-refractivity contribution in [3.05, 3.63) is 83.9 Å². The number of carbonyl (C=O) groups excluding carboxylic acids is 1. The molecule has 3 aromatic rings. The van der Waals surface area contributed by atoms with Crippen LogP contribution in [0.4, 0.5) is 8.78 Å². The van der Waals surface area contributed by atoms with Gasteiger partial charge in [0.25, 0.3) is 5.91 Å². The van der Waals surface area contributed by atoms with Crippen molar-refractivity contribution in [2.24, 2.45) is 0 Å². The smallest absolute Gasteiger partial charge is 0.253 e. The number of carbonyl (C=O) groups is 1. The Hall–Kier alpha value is -3.45. The van der Waals surface area contributed by atoms with E-state index in [1.165, 1.54) is 4.90 Å². The second-order valence-electron chi connectivity index (χ2n) is 7.49. The number of hydrogen-bond donors (Lipinski definition) is 2. The fourth-order valence-electron chi connectivity index (χ4n) is 3.65. The molecule has 1 amide bonds. The van der Waals surface area contributed by atoms with Gasteiger partial charge in [0.05, 0.1) is 6.54 Å². The zero-order valence-electron chi connectivity index (χ0n) is 16.5. The van der Waals surface area contributed by atoms with Gasteiger partial charge in [-0.15, -0.1) is 0 Å². The van der Waals surface area contributed by atoms with Gasteiger partial charge >= 0.3 is 0 Å². The van der Waals surface area contributed by atoms with E-state index in [0.29, 0.717) is 18.5 Å². The highest BCUT2D eigenvalue weighted by atomic mass is 19.1. The van der Waals surface area contributed by atoms with Crippen molar-refractivity contribution in [3.8, 4) is 22.6 Å². The summed E-state index contributed by atoms with van der Waals surface area (Å²) in [5, 5.41) is 19.8. The van der Waals surface area contributed by atoms with Crippen molar-refractivity contribution in [2.45, 2.75) is 18.6 Å². The van der Waals surface area contributed by atoms with Crippen LogP contribution in [-0.2, 0) is 0 Å². The van der Waals surface area contributed by atoms with Crippen LogP contribution in [0.5, 0.6) is 11.5 Å². The van der Waals surface area contributed by atoms with E-state index in [2.05, 4.69) is 0 Å². The number of piperidine rings is 1. The van der Waals surface area contributed by atoms with E-state index in [9.17, 15) is 23.8 Å². The van der Waals surface area contributed by atoms with Gasteiger partial charge in [0, 0.05) is 36.7 Å². The van der Waals surface area contributed by atoms with Crippen molar-refractivity contribution in [1.29, 1.82) is 0 Å². The fraction of sp³-hybridized carbons (Fsp3) is 0.208. The first-order chi connectivity index (χ1) is 14.9. The largest absolute Gasteiger partial charge is 0.508 e. The summed E-state index contributed by atoms with van der Waals surface area (Å²) in [6.07, 6.45) is -1.32. The van der Waals surface area contributed by atoms with Crippen molar-refractivity contribution >= 4 is 5.91 Å². The molecule has 4 rings (SSSR count). The third-order valence-electron chi connectivity index (χ3n) is 5.26. The number of nitrogens with zero attached hydrogens (tertiary/aromatic N) is 1. The number of halogens is 2. The summed E-state index contributed by atoms with van der Waals surface area (Å²) >= 11 is 0. The molecule has 2 N–H and O–H groups in total. The summed E-state index contributed by atoms with van der Waals surface area (Å²) in [5.74, 6) is -1.54. The quantitative estimate of drug-likeness (QED) is 0.663. The average molecular weight is 425 g/mol. The Morgan fingerprint density at radius 3 is 2.10 bits per heavy atom. The van der Waals surface area contributed by atoms with Crippen LogP contribution >= 0.6 is 0 Å². The van der Waals surface area contributed by atoms with Crippen LogP contribution in [0.15, 0.2) is 66.7 Å².